The molecule has 1 aromatic carbocycles. The van der Waals surface area contributed by atoms with Crippen LogP contribution in [0.1, 0.15) is 19.4 Å². The molecule has 0 aliphatic carbocycles. The second-order valence-electron chi connectivity index (χ2n) is 5.35. The van der Waals surface area contributed by atoms with E-state index >= 15 is 0 Å². The summed E-state index contributed by atoms with van der Waals surface area (Å²) in [5.41, 5.74) is 1.53. The van der Waals surface area contributed by atoms with E-state index in [4.69, 9.17) is 0 Å². The molecule has 2 N–H and O–H groups in total. The van der Waals surface area contributed by atoms with E-state index in [1.54, 1.807) is 56.5 Å². The number of hydrogen-bond donors (Lipinski definition) is 2. The Morgan fingerprint density at radius 2 is 1.95 bits per heavy atom. The predicted molar refractivity (Wildman–Crippen MR) is 85.8 cm³/mol. The smallest absolute Gasteiger partial charge is 0.249 e. The highest BCUT2D eigenvalue weighted by molar-refractivity contribution is 7.92. The van der Waals surface area contributed by atoms with Crippen LogP contribution in [0.15, 0.2) is 53.1 Å². The third-order valence-electron chi connectivity index (χ3n) is 3.42. The van der Waals surface area contributed by atoms with Gasteiger partial charge < -0.3 is 10.6 Å². The maximum atomic E-state index is 12.0. The molecule has 22 heavy (non-hydrogen) atoms. The van der Waals surface area contributed by atoms with Crippen LogP contribution in [-0.2, 0) is 21.2 Å². The van der Waals surface area contributed by atoms with E-state index < -0.39 is 15.1 Å². The molecular weight excluding hydrogens is 300 g/mol. The van der Waals surface area contributed by atoms with Crippen LogP contribution in [0.4, 0.5) is 0 Å². The minimum Gasteiger partial charge on any atom is -0.387 e. The van der Waals surface area contributed by atoms with E-state index in [1.165, 1.54) is 0 Å². The molecule has 1 heterocycles. The van der Waals surface area contributed by atoms with Gasteiger partial charge in [-0.1, -0.05) is 18.2 Å². The van der Waals surface area contributed by atoms with Crippen LogP contribution in [0.25, 0.3) is 0 Å². The Bertz CT molecular complexity index is 701. The number of hydrogen-bond acceptors (Lipinski definition) is 4. The Kier molecular flexibility index (Phi) is 5.03. The van der Waals surface area contributed by atoms with E-state index in [0.29, 0.717) is 23.6 Å². The second kappa shape index (κ2) is 6.79. The molecule has 0 fully saturated rings. The van der Waals surface area contributed by atoms with Crippen molar-refractivity contribution in [3.05, 3.63) is 53.8 Å². The first-order valence-electron chi connectivity index (χ1n) is 7.11. The molecule has 0 atom stereocenters. The van der Waals surface area contributed by atoms with E-state index in [9.17, 15) is 13.2 Å². The summed E-state index contributed by atoms with van der Waals surface area (Å²) in [6.07, 6.45) is 5.33. The van der Waals surface area contributed by atoms with E-state index in [0.717, 1.165) is 5.56 Å². The summed E-state index contributed by atoms with van der Waals surface area (Å²) in [7, 11) is -3.25. The summed E-state index contributed by atoms with van der Waals surface area (Å²) in [6.45, 7) is 4.18. The summed E-state index contributed by atoms with van der Waals surface area (Å²) >= 11 is 0. The highest BCUT2D eigenvalue weighted by atomic mass is 32.2. The van der Waals surface area contributed by atoms with Crippen molar-refractivity contribution in [3.63, 3.8) is 0 Å². The fourth-order valence-electron chi connectivity index (χ4n) is 1.98. The van der Waals surface area contributed by atoms with Gasteiger partial charge in [-0.3, -0.25) is 4.79 Å². The van der Waals surface area contributed by atoms with Gasteiger partial charge in [-0.15, -0.1) is 0 Å². The number of dihydropyridines is 1. The van der Waals surface area contributed by atoms with Crippen LogP contribution in [0.2, 0.25) is 0 Å². The first-order chi connectivity index (χ1) is 10.4. The first kappa shape index (κ1) is 16.3. The van der Waals surface area contributed by atoms with Crippen molar-refractivity contribution in [1.29, 1.82) is 0 Å². The minimum atomic E-state index is -3.25. The maximum Gasteiger partial charge on any atom is 0.249 e. The lowest BCUT2D eigenvalue weighted by atomic mass is 10.2. The third-order valence-corrected chi connectivity index (χ3v) is 5.59. The number of carbonyl (C=O) groups excluding carboxylic acids is 1. The van der Waals surface area contributed by atoms with Gasteiger partial charge in [0, 0.05) is 18.7 Å². The topological polar surface area (TPSA) is 75.3 Å². The van der Waals surface area contributed by atoms with Gasteiger partial charge in [0.2, 0.25) is 5.91 Å². The van der Waals surface area contributed by atoms with Crippen LogP contribution >= 0.6 is 0 Å². The van der Waals surface area contributed by atoms with Crippen molar-refractivity contribution in [2.75, 3.05) is 6.54 Å². The minimum absolute atomic E-state index is 0.129. The average Bonchev–Trinajstić information content (AvgIpc) is 2.53. The van der Waals surface area contributed by atoms with Crippen molar-refractivity contribution < 1.29 is 13.2 Å². The van der Waals surface area contributed by atoms with E-state index in [2.05, 4.69) is 10.6 Å². The lowest BCUT2D eigenvalue weighted by molar-refractivity contribution is -0.117. The summed E-state index contributed by atoms with van der Waals surface area (Å²) in [4.78, 5) is 12.2. The molecule has 2 rings (SSSR count). The number of sulfone groups is 1. The van der Waals surface area contributed by atoms with Gasteiger partial charge in [-0.2, -0.15) is 0 Å². The zero-order valence-electron chi connectivity index (χ0n) is 12.7. The van der Waals surface area contributed by atoms with Crippen LogP contribution < -0.4 is 10.6 Å². The monoisotopic (exact) mass is 320 g/mol. The average molecular weight is 320 g/mol. The van der Waals surface area contributed by atoms with Gasteiger partial charge >= 0.3 is 0 Å². The zero-order chi connectivity index (χ0) is 16.2. The SMILES string of the molecule is CC(C)S(=O)(=O)c1ccc(CNC(=O)C2=CC=CNC2)cc1. The lowest BCUT2D eigenvalue weighted by Crippen LogP contribution is -2.29. The highest BCUT2D eigenvalue weighted by Gasteiger charge is 2.18. The van der Waals surface area contributed by atoms with Crippen molar-refractivity contribution in [2.24, 2.45) is 0 Å². The van der Waals surface area contributed by atoms with Gasteiger partial charge in [-0.25, -0.2) is 8.42 Å². The van der Waals surface area contributed by atoms with Gasteiger partial charge in [0.15, 0.2) is 9.84 Å². The Hall–Kier alpha value is -2.08. The van der Waals surface area contributed by atoms with Crippen LogP contribution in [0.3, 0.4) is 0 Å². The Labute approximate surface area is 131 Å². The number of carbonyl (C=O) groups is 1. The van der Waals surface area contributed by atoms with E-state index in [-0.39, 0.29) is 5.91 Å². The number of amides is 1. The maximum absolute atomic E-state index is 12.0. The van der Waals surface area contributed by atoms with Gasteiger partial charge in [0.05, 0.1) is 10.1 Å². The Morgan fingerprint density at radius 3 is 2.50 bits per heavy atom. The van der Waals surface area contributed by atoms with Crippen molar-refractivity contribution >= 4 is 15.7 Å². The second-order valence-corrected chi connectivity index (χ2v) is 7.86. The highest BCUT2D eigenvalue weighted by Crippen LogP contribution is 2.16. The first-order valence-corrected chi connectivity index (χ1v) is 8.66. The van der Waals surface area contributed by atoms with Crippen molar-refractivity contribution in [3.8, 4) is 0 Å². The molecule has 0 unspecified atom stereocenters. The molecule has 118 valence electrons. The van der Waals surface area contributed by atoms with Gasteiger partial charge in [0.25, 0.3) is 0 Å². The molecule has 0 radical (unpaired) electrons. The molecule has 0 aromatic heterocycles. The zero-order valence-corrected chi connectivity index (χ0v) is 13.5. The van der Waals surface area contributed by atoms with Gasteiger partial charge in [0.1, 0.15) is 0 Å². The largest absolute Gasteiger partial charge is 0.387 e. The third kappa shape index (κ3) is 3.76. The Morgan fingerprint density at radius 1 is 1.27 bits per heavy atom. The molecule has 0 bridgehead atoms. The number of benzene rings is 1. The molecule has 0 saturated heterocycles. The molecular formula is C16H20N2O3S. The summed E-state index contributed by atoms with van der Waals surface area (Å²) in [5, 5.41) is 5.34. The molecule has 0 spiro atoms. The normalized spacial score (nSPS) is 14.4. The summed E-state index contributed by atoms with van der Waals surface area (Å²) < 4.78 is 24.1. The molecule has 1 aliphatic heterocycles. The van der Waals surface area contributed by atoms with Crippen LogP contribution in [0.5, 0.6) is 0 Å². The number of rotatable bonds is 5. The molecule has 1 amide bonds. The molecule has 6 heteroatoms. The predicted octanol–water partition coefficient (Wildman–Crippen LogP) is 1.53. The number of nitrogens with one attached hydrogen (secondary N) is 2. The fraction of sp³-hybridized carbons (Fsp3) is 0.312. The van der Waals surface area contributed by atoms with Crippen LogP contribution in [-0.4, -0.2) is 26.1 Å². The van der Waals surface area contributed by atoms with Crippen molar-refractivity contribution in [1.82, 2.24) is 10.6 Å². The molecule has 0 saturated carbocycles. The lowest BCUT2D eigenvalue weighted by Gasteiger charge is -2.12. The van der Waals surface area contributed by atoms with E-state index in [1.807, 2.05) is 0 Å². The summed E-state index contributed by atoms with van der Waals surface area (Å²) in [6, 6.07) is 6.62. The van der Waals surface area contributed by atoms with Gasteiger partial charge in [-0.05, 0) is 43.8 Å². The summed E-state index contributed by atoms with van der Waals surface area (Å²) in [5.74, 6) is -0.129. The van der Waals surface area contributed by atoms with Crippen molar-refractivity contribution in [2.45, 2.75) is 30.5 Å². The Balaban J connectivity index is 1.99. The quantitative estimate of drug-likeness (QED) is 0.863. The fourth-order valence-corrected chi connectivity index (χ4v) is 3.04. The standard InChI is InChI=1S/C16H20N2O3S/c1-12(2)22(20,21)15-7-5-13(6-8-15)10-18-16(19)14-4-3-9-17-11-14/h3-9,12,17H,10-11H2,1-2H3,(H,18,19). The molecule has 5 nitrogen and oxygen atoms in total. The number of allylic oxidation sites excluding steroid dienone is 2. The molecule has 1 aliphatic rings. The van der Waals surface area contributed by atoms with Crippen LogP contribution in [0, 0.1) is 0 Å². The molecule has 1 aromatic rings.